The topological polar surface area (TPSA) is 61.7 Å². The number of methoxy groups -OCH3 is 1. The Hall–Kier alpha value is -0.780. The van der Waals surface area contributed by atoms with Crippen molar-refractivity contribution >= 4 is 15.9 Å². The summed E-state index contributed by atoms with van der Waals surface area (Å²) in [6, 6.07) is 3.61. The standard InChI is InChI=1S/C14H22BrNO3/c1-3-10(4-5-17)8-16-9-11-6-12(15)7-13(19-2)14(11)18/h6-7,10,16-18H,3-5,8-9H2,1-2H3. The molecule has 19 heavy (non-hydrogen) atoms. The smallest absolute Gasteiger partial charge is 0.162 e. The molecule has 0 spiro atoms. The molecule has 0 aliphatic heterocycles. The van der Waals surface area contributed by atoms with Gasteiger partial charge < -0.3 is 20.3 Å². The van der Waals surface area contributed by atoms with E-state index < -0.39 is 0 Å². The number of aromatic hydroxyl groups is 1. The first-order valence-corrected chi connectivity index (χ1v) is 7.28. The first kappa shape index (κ1) is 16.3. The van der Waals surface area contributed by atoms with E-state index in [4.69, 9.17) is 9.84 Å². The number of aliphatic hydroxyl groups is 1. The van der Waals surface area contributed by atoms with Crippen LogP contribution in [0.5, 0.6) is 11.5 Å². The highest BCUT2D eigenvalue weighted by molar-refractivity contribution is 9.10. The predicted octanol–water partition coefficient (Wildman–Crippen LogP) is 2.66. The number of hydrogen-bond donors (Lipinski definition) is 3. The van der Waals surface area contributed by atoms with Gasteiger partial charge >= 0.3 is 0 Å². The third-order valence-corrected chi connectivity index (χ3v) is 3.66. The van der Waals surface area contributed by atoms with E-state index in [2.05, 4.69) is 28.2 Å². The Balaban J connectivity index is 2.60. The molecule has 0 amide bonds. The summed E-state index contributed by atoms with van der Waals surface area (Å²) in [6.07, 6.45) is 1.83. The molecular weight excluding hydrogens is 310 g/mol. The Bertz CT molecular complexity index is 399. The Kier molecular flexibility index (Phi) is 7.20. The minimum atomic E-state index is 0.174. The van der Waals surface area contributed by atoms with Crippen LogP contribution in [0.1, 0.15) is 25.3 Å². The molecule has 1 rings (SSSR count). The van der Waals surface area contributed by atoms with Gasteiger partial charge in [-0.15, -0.1) is 0 Å². The first-order chi connectivity index (χ1) is 9.12. The Morgan fingerprint density at radius 1 is 1.42 bits per heavy atom. The Morgan fingerprint density at radius 3 is 2.74 bits per heavy atom. The molecule has 3 N–H and O–H groups in total. The van der Waals surface area contributed by atoms with Crippen LogP contribution in [0.3, 0.4) is 0 Å². The van der Waals surface area contributed by atoms with Crippen molar-refractivity contribution in [3.63, 3.8) is 0 Å². The highest BCUT2D eigenvalue weighted by Gasteiger charge is 2.10. The maximum atomic E-state index is 10.0. The van der Waals surface area contributed by atoms with E-state index in [-0.39, 0.29) is 12.4 Å². The number of rotatable bonds is 8. The summed E-state index contributed by atoms with van der Waals surface area (Å²) in [5.41, 5.74) is 0.796. The summed E-state index contributed by atoms with van der Waals surface area (Å²) in [6.45, 7) is 3.73. The van der Waals surface area contributed by atoms with Gasteiger partial charge in [0.05, 0.1) is 7.11 Å². The molecule has 0 aromatic heterocycles. The minimum Gasteiger partial charge on any atom is -0.504 e. The van der Waals surface area contributed by atoms with Gasteiger partial charge in [0.25, 0.3) is 0 Å². The third-order valence-electron chi connectivity index (χ3n) is 3.20. The quantitative estimate of drug-likeness (QED) is 0.685. The van der Waals surface area contributed by atoms with Crippen LogP contribution in [0.25, 0.3) is 0 Å². The van der Waals surface area contributed by atoms with Crippen molar-refractivity contribution in [2.24, 2.45) is 5.92 Å². The lowest BCUT2D eigenvalue weighted by Crippen LogP contribution is -2.23. The fourth-order valence-corrected chi connectivity index (χ4v) is 2.45. The zero-order valence-electron chi connectivity index (χ0n) is 11.4. The summed E-state index contributed by atoms with van der Waals surface area (Å²) in [4.78, 5) is 0. The van der Waals surface area contributed by atoms with Crippen LogP contribution >= 0.6 is 15.9 Å². The SMILES string of the molecule is CCC(CCO)CNCc1cc(Br)cc(OC)c1O. The van der Waals surface area contributed by atoms with Crippen molar-refractivity contribution in [3.8, 4) is 11.5 Å². The normalized spacial score (nSPS) is 12.4. The fraction of sp³-hybridized carbons (Fsp3) is 0.571. The average Bonchev–Trinajstić information content (AvgIpc) is 2.41. The lowest BCUT2D eigenvalue weighted by molar-refractivity contribution is 0.251. The van der Waals surface area contributed by atoms with E-state index in [1.54, 1.807) is 6.07 Å². The largest absolute Gasteiger partial charge is 0.504 e. The predicted molar refractivity (Wildman–Crippen MR) is 79.5 cm³/mol. The highest BCUT2D eigenvalue weighted by Crippen LogP contribution is 2.33. The maximum absolute atomic E-state index is 10.0. The van der Waals surface area contributed by atoms with Crippen molar-refractivity contribution in [2.45, 2.75) is 26.3 Å². The summed E-state index contributed by atoms with van der Waals surface area (Å²) in [5.74, 6) is 1.10. The molecule has 1 aromatic rings. The summed E-state index contributed by atoms with van der Waals surface area (Å²) in [5, 5.41) is 22.3. The van der Waals surface area contributed by atoms with Crippen molar-refractivity contribution < 1.29 is 14.9 Å². The van der Waals surface area contributed by atoms with Crippen LogP contribution < -0.4 is 10.1 Å². The molecule has 4 nitrogen and oxygen atoms in total. The van der Waals surface area contributed by atoms with Crippen molar-refractivity contribution in [3.05, 3.63) is 22.2 Å². The minimum absolute atomic E-state index is 0.174. The number of aliphatic hydroxyl groups excluding tert-OH is 1. The molecule has 0 heterocycles. The lowest BCUT2D eigenvalue weighted by atomic mass is 10.0. The number of phenolic OH excluding ortho intramolecular Hbond substituents is 1. The summed E-state index contributed by atoms with van der Waals surface area (Å²) < 4.78 is 5.99. The monoisotopic (exact) mass is 331 g/mol. The number of halogens is 1. The average molecular weight is 332 g/mol. The molecule has 5 heteroatoms. The summed E-state index contributed by atoms with van der Waals surface area (Å²) in [7, 11) is 1.53. The van der Waals surface area contributed by atoms with E-state index >= 15 is 0 Å². The van der Waals surface area contributed by atoms with E-state index in [9.17, 15) is 5.11 Å². The number of nitrogens with one attached hydrogen (secondary N) is 1. The molecule has 0 saturated heterocycles. The molecule has 0 aliphatic rings. The first-order valence-electron chi connectivity index (χ1n) is 6.49. The van der Waals surface area contributed by atoms with E-state index in [1.807, 2.05) is 6.07 Å². The maximum Gasteiger partial charge on any atom is 0.162 e. The van der Waals surface area contributed by atoms with Crippen molar-refractivity contribution in [1.29, 1.82) is 0 Å². The number of ether oxygens (including phenoxy) is 1. The fourth-order valence-electron chi connectivity index (χ4n) is 1.96. The molecule has 0 bridgehead atoms. The number of hydrogen-bond acceptors (Lipinski definition) is 4. The second-order valence-electron chi connectivity index (χ2n) is 4.53. The zero-order chi connectivity index (χ0) is 14.3. The van der Waals surface area contributed by atoms with E-state index in [1.165, 1.54) is 7.11 Å². The van der Waals surface area contributed by atoms with Crippen LogP contribution in [-0.4, -0.2) is 30.5 Å². The lowest BCUT2D eigenvalue weighted by Gasteiger charge is -2.15. The molecule has 0 radical (unpaired) electrons. The molecular formula is C14H22BrNO3. The molecule has 108 valence electrons. The number of benzene rings is 1. The third kappa shape index (κ3) is 5.01. The summed E-state index contributed by atoms with van der Waals surface area (Å²) >= 11 is 3.40. The van der Waals surface area contributed by atoms with E-state index in [0.717, 1.165) is 29.4 Å². The molecule has 0 aliphatic carbocycles. The molecule has 0 saturated carbocycles. The zero-order valence-corrected chi connectivity index (χ0v) is 13.0. The molecule has 0 fully saturated rings. The van der Waals surface area contributed by atoms with Crippen LogP contribution in [0.4, 0.5) is 0 Å². The van der Waals surface area contributed by atoms with Gasteiger partial charge in [-0.1, -0.05) is 29.3 Å². The van der Waals surface area contributed by atoms with Gasteiger partial charge in [0, 0.05) is 23.2 Å². The Morgan fingerprint density at radius 2 is 2.16 bits per heavy atom. The van der Waals surface area contributed by atoms with Gasteiger partial charge in [-0.25, -0.2) is 0 Å². The van der Waals surface area contributed by atoms with Crippen LogP contribution in [0.2, 0.25) is 0 Å². The van der Waals surface area contributed by atoms with Crippen molar-refractivity contribution in [2.75, 3.05) is 20.3 Å². The molecule has 1 aromatic carbocycles. The number of phenols is 1. The van der Waals surface area contributed by atoms with Crippen LogP contribution in [0, 0.1) is 5.92 Å². The van der Waals surface area contributed by atoms with Gasteiger partial charge in [0.1, 0.15) is 0 Å². The van der Waals surface area contributed by atoms with Gasteiger partial charge in [-0.05, 0) is 31.0 Å². The van der Waals surface area contributed by atoms with Crippen LogP contribution in [0.15, 0.2) is 16.6 Å². The van der Waals surface area contributed by atoms with E-state index in [0.29, 0.717) is 18.2 Å². The molecule has 1 atom stereocenters. The molecule has 1 unspecified atom stereocenters. The van der Waals surface area contributed by atoms with Gasteiger partial charge in [0.2, 0.25) is 0 Å². The Labute approximate surface area is 122 Å². The van der Waals surface area contributed by atoms with Gasteiger partial charge in [0.15, 0.2) is 11.5 Å². The van der Waals surface area contributed by atoms with Crippen molar-refractivity contribution in [1.82, 2.24) is 5.32 Å². The van der Waals surface area contributed by atoms with Gasteiger partial charge in [-0.2, -0.15) is 0 Å². The van der Waals surface area contributed by atoms with Gasteiger partial charge in [-0.3, -0.25) is 0 Å². The second kappa shape index (κ2) is 8.40. The van der Waals surface area contributed by atoms with Crippen LogP contribution in [-0.2, 0) is 6.54 Å². The second-order valence-corrected chi connectivity index (χ2v) is 5.45. The highest BCUT2D eigenvalue weighted by atomic mass is 79.9.